The number of aryl methyl sites for hydroxylation is 2. The minimum Gasteiger partial charge on any atom is -0.246 e. The zero-order valence-electron chi connectivity index (χ0n) is 7.49. The molecule has 0 saturated heterocycles. The van der Waals surface area contributed by atoms with E-state index in [9.17, 15) is 8.42 Å². The first kappa shape index (κ1) is 9.88. The summed E-state index contributed by atoms with van der Waals surface area (Å²) < 4.78 is 23.7. The van der Waals surface area contributed by atoms with Gasteiger partial charge in [0.2, 0.25) is 0 Å². The summed E-state index contributed by atoms with van der Waals surface area (Å²) in [6.07, 6.45) is 4.23. The average molecular weight is 233 g/mol. The molecule has 1 heterocycles. The molecule has 0 spiro atoms. The van der Waals surface area contributed by atoms with Crippen molar-refractivity contribution < 1.29 is 8.42 Å². The molecule has 0 atom stereocenters. The molecule has 14 heavy (non-hydrogen) atoms. The molecule has 78 valence electrons. The Morgan fingerprint density at radius 2 is 2.07 bits per heavy atom. The van der Waals surface area contributed by atoms with Crippen LogP contribution in [0.25, 0.3) is 0 Å². The highest BCUT2D eigenvalue weighted by Crippen LogP contribution is 2.29. The van der Waals surface area contributed by atoms with E-state index in [1.165, 1.54) is 16.2 Å². The second kappa shape index (κ2) is 3.48. The Labute approximate surface area is 86.5 Å². The van der Waals surface area contributed by atoms with Gasteiger partial charge in [0.25, 0.3) is 10.2 Å². The van der Waals surface area contributed by atoms with Crippen molar-refractivity contribution in [2.45, 2.75) is 25.7 Å². The van der Waals surface area contributed by atoms with Crippen molar-refractivity contribution in [2.24, 2.45) is 5.14 Å². The molecule has 0 unspecified atom stereocenters. The number of rotatable bonds is 2. The van der Waals surface area contributed by atoms with E-state index in [4.69, 9.17) is 5.14 Å². The van der Waals surface area contributed by atoms with Crippen LogP contribution < -0.4 is 9.86 Å². The quantitative estimate of drug-likeness (QED) is 0.786. The summed E-state index contributed by atoms with van der Waals surface area (Å²) in [6, 6.07) is 0. The van der Waals surface area contributed by atoms with Gasteiger partial charge in [0.1, 0.15) is 0 Å². The molecule has 1 aliphatic carbocycles. The summed E-state index contributed by atoms with van der Waals surface area (Å²) in [5, 5.41) is 5.24. The number of nitrogens with two attached hydrogens (primary N) is 1. The highest BCUT2D eigenvalue weighted by molar-refractivity contribution is 7.90. The number of aromatic nitrogens is 1. The second-order valence-corrected chi connectivity index (χ2v) is 5.62. The predicted molar refractivity (Wildman–Crippen MR) is 55.5 cm³/mol. The van der Waals surface area contributed by atoms with Gasteiger partial charge in [-0.25, -0.2) is 14.8 Å². The molecule has 0 fully saturated rings. The monoisotopic (exact) mass is 233 g/mol. The minimum absolute atomic E-state index is 0.388. The van der Waals surface area contributed by atoms with Gasteiger partial charge in [0, 0.05) is 4.88 Å². The van der Waals surface area contributed by atoms with Crippen LogP contribution in [0.4, 0.5) is 5.13 Å². The summed E-state index contributed by atoms with van der Waals surface area (Å²) in [7, 11) is -3.68. The van der Waals surface area contributed by atoms with Crippen LogP contribution in [0.3, 0.4) is 0 Å². The van der Waals surface area contributed by atoms with Crippen molar-refractivity contribution in [3.05, 3.63) is 10.6 Å². The van der Waals surface area contributed by atoms with Crippen molar-refractivity contribution in [1.82, 2.24) is 4.98 Å². The highest BCUT2D eigenvalue weighted by atomic mass is 32.2. The molecule has 0 amide bonds. The molecule has 0 radical (unpaired) electrons. The lowest BCUT2D eigenvalue weighted by atomic mass is 10.0. The molecule has 0 bridgehead atoms. The van der Waals surface area contributed by atoms with Gasteiger partial charge in [-0.1, -0.05) is 0 Å². The molecule has 0 aliphatic heterocycles. The topological polar surface area (TPSA) is 85.1 Å². The number of fused-ring (bicyclic) bond motifs is 1. The molecule has 1 aromatic rings. The summed E-state index contributed by atoms with van der Waals surface area (Å²) >= 11 is 1.38. The average Bonchev–Trinajstić information content (AvgIpc) is 2.42. The Morgan fingerprint density at radius 1 is 1.36 bits per heavy atom. The third-order valence-electron chi connectivity index (χ3n) is 2.08. The van der Waals surface area contributed by atoms with E-state index < -0.39 is 10.2 Å². The third kappa shape index (κ3) is 2.23. The van der Waals surface area contributed by atoms with Crippen LogP contribution >= 0.6 is 11.3 Å². The van der Waals surface area contributed by atoms with Crippen LogP contribution in [0, 0.1) is 0 Å². The summed E-state index contributed by atoms with van der Waals surface area (Å²) in [4.78, 5) is 5.37. The SMILES string of the molecule is NS(=O)(=O)Nc1nc2c(s1)CCCC2. The van der Waals surface area contributed by atoms with Crippen LogP contribution in [-0.2, 0) is 23.1 Å². The summed E-state index contributed by atoms with van der Waals surface area (Å²) in [6.45, 7) is 0. The zero-order valence-corrected chi connectivity index (χ0v) is 9.12. The molecule has 3 N–H and O–H groups in total. The molecular formula is C7H11N3O2S2. The maximum absolute atomic E-state index is 10.7. The molecule has 1 aromatic heterocycles. The normalized spacial score (nSPS) is 16.4. The van der Waals surface area contributed by atoms with Gasteiger partial charge in [-0.15, -0.1) is 11.3 Å². The summed E-state index contributed by atoms with van der Waals surface area (Å²) in [5.41, 5.74) is 1.02. The first-order valence-corrected chi connectivity index (χ1v) is 6.70. The first-order chi connectivity index (χ1) is 6.54. The van der Waals surface area contributed by atoms with Crippen molar-refractivity contribution in [3.8, 4) is 0 Å². The standard InChI is InChI=1S/C7H11N3O2S2/c8-14(11,12)10-7-9-5-3-1-2-4-6(5)13-7/h1-4H2,(H,9,10)(H2,8,11,12). The fourth-order valence-electron chi connectivity index (χ4n) is 1.52. The molecule has 7 heteroatoms. The smallest absolute Gasteiger partial charge is 0.246 e. The van der Waals surface area contributed by atoms with E-state index in [0.717, 1.165) is 31.4 Å². The largest absolute Gasteiger partial charge is 0.298 e. The van der Waals surface area contributed by atoms with Gasteiger partial charge in [0.05, 0.1) is 5.69 Å². The van der Waals surface area contributed by atoms with Crippen LogP contribution in [0.5, 0.6) is 0 Å². The Bertz CT molecular complexity index is 414. The van der Waals surface area contributed by atoms with E-state index in [1.807, 2.05) is 0 Å². The van der Waals surface area contributed by atoms with E-state index in [-0.39, 0.29) is 0 Å². The van der Waals surface area contributed by atoms with Crippen LogP contribution in [0.15, 0.2) is 0 Å². The maximum Gasteiger partial charge on any atom is 0.298 e. The lowest BCUT2D eigenvalue weighted by Crippen LogP contribution is -2.21. The van der Waals surface area contributed by atoms with Gasteiger partial charge in [-0.2, -0.15) is 8.42 Å². The highest BCUT2D eigenvalue weighted by Gasteiger charge is 2.16. The maximum atomic E-state index is 10.7. The van der Waals surface area contributed by atoms with Crippen LogP contribution in [0.2, 0.25) is 0 Å². The molecule has 2 rings (SSSR count). The first-order valence-electron chi connectivity index (χ1n) is 4.34. The van der Waals surface area contributed by atoms with Gasteiger partial charge in [-0.3, -0.25) is 0 Å². The number of thiazole rings is 1. The number of nitrogens with one attached hydrogen (secondary N) is 1. The van der Waals surface area contributed by atoms with E-state index >= 15 is 0 Å². The second-order valence-electron chi connectivity index (χ2n) is 3.24. The number of hydrogen-bond acceptors (Lipinski definition) is 4. The van der Waals surface area contributed by atoms with Gasteiger partial charge < -0.3 is 0 Å². The van der Waals surface area contributed by atoms with Crippen LogP contribution in [-0.4, -0.2) is 13.4 Å². The number of anilines is 1. The van der Waals surface area contributed by atoms with E-state index in [1.54, 1.807) is 0 Å². The zero-order chi connectivity index (χ0) is 10.2. The molecule has 0 saturated carbocycles. The number of hydrogen-bond donors (Lipinski definition) is 2. The van der Waals surface area contributed by atoms with Crippen molar-refractivity contribution in [1.29, 1.82) is 0 Å². The predicted octanol–water partition coefficient (Wildman–Crippen LogP) is 0.637. The van der Waals surface area contributed by atoms with Crippen LogP contribution in [0.1, 0.15) is 23.4 Å². The van der Waals surface area contributed by atoms with Gasteiger partial charge >= 0.3 is 0 Å². The van der Waals surface area contributed by atoms with Crippen molar-refractivity contribution in [3.63, 3.8) is 0 Å². The minimum atomic E-state index is -3.68. The molecular weight excluding hydrogens is 222 g/mol. The van der Waals surface area contributed by atoms with Crippen molar-refractivity contribution >= 4 is 26.7 Å². The third-order valence-corrected chi connectivity index (χ3v) is 3.76. The number of nitrogens with zero attached hydrogens (tertiary/aromatic N) is 1. The fraction of sp³-hybridized carbons (Fsp3) is 0.571. The van der Waals surface area contributed by atoms with Gasteiger partial charge in [-0.05, 0) is 25.7 Å². The lowest BCUT2D eigenvalue weighted by molar-refractivity contribution is 0.603. The van der Waals surface area contributed by atoms with Crippen molar-refractivity contribution in [2.75, 3.05) is 4.72 Å². The van der Waals surface area contributed by atoms with E-state index in [0.29, 0.717) is 5.13 Å². The molecule has 1 aliphatic rings. The fourth-order valence-corrected chi connectivity index (χ4v) is 3.22. The Kier molecular flexibility index (Phi) is 2.46. The Morgan fingerprint density at radius 3 is 2.71 bits per heavy atom. The van der Waals surface area contributed by atoms with Gasteiger partial charge in [0.15, 0.2) is 5.13 Å². The molecule has 5 nitrogen and oxygen atoms in total. The summed E-state index contributed by atoms with van der Waals surface area (Å²) in [5.74, 6) is 0. The molecule has 0 aromatic carbocycles. The Balaban J connectivity index is 2.24. The Hall–Kier alpha value is -0.660. The van der Waals surface area contributed by atoms with E-state index in [2.05, 4.69) is 9.71 Å². The lowest BCUT2D eigenvalue weighted by Gasteiger charge is -2.06.